The van der Waals surface area contributed by atoms with Gasteiger partial charge in [0.15, 0.2) is 0 Å². The summed E-state index contributed by atoms with van der Waals surface area (Å²) >= 11 is 5.86. The summed E-state index contributed by atoms with van der Waals surface area (Å²) in [5, 5.41) is 0.214. The lowest BCUT2D eigenvalue weighted by molar-refractivity contribution is 0.477. The Morgan fingerprint density at radius 1 is 1.33 bits per heavy atom. The summed E-state index contributed by atoms with van der Waals surface area (Å²) in [6, 6.07) is 7.33. The maximum atomic E-state index is 12.9. The minimum atomic E-state index is -0.405. The van der Waals surface area contributed by atoms with E-state index in [0.29, 0.717) is 11.5 Å². The van der Waals surface area contributed by atoms with Crippen molar-refractivity contribution in [1.82, 2.24) is 4.98 Å². The molecule has 1 atom stereocenters. The first-order chi connectivity index (χ1) is 8.56. The quantitative estimate of drug-likeness (QED) is 0.922. The number of nitrogens with zero attached hydrogens (tertiary/aromatic N) is 1. The van der Waals surface area contributed by atoms with Gasteiger partial charge in [-0.15, -0.1) is 0 Å². The monoisotopic (exact) mass is 266 g/mol. The Bertz CT molecular complexity index is 543. The van der Waals surface area contributed by atoms with Crippen molar-refractivity contribution in [2.45, 2.75) is 13.0 Å². The van der Waals surface area contributed by atoms with Gasteiger partial charge in [-0.1, -0.05) is 11.6 Å². The van der Waals surface area contributed by atoms with Crippen molar-refractivity contribution in [2.75, 3.05) is 0 Å². The Morgan fingerprint density at radius 3 is 2.67 bits per heavy atom. The normalized spacial score (nSPS) is 12.2. The number of nitrogens with two attached hydrogens (primary N) is 1. The van der Waals surface area contributed by atoms with Gasteiger partial charge in [0.2, 0.25) is 0 Å². The third-order valence-electron chi connectivity index (χ3n) is 2.35. The molecule has 0 spiro atoms. The molecule has 0 radical (unpaired) electrons. The molecule has 1 aromatic carbocycles. The minimum Gasteiger partial charge on any atom is -0.454 e. The summed E-state index contributed by atoms with van der Waals surface area (Å²) in [7, 11) is 0. The molecule has 2 rings (SSSR count). The van der Waals surface area contributed by atoms with Crippen molar-refractivity contribution in [1.29, 1.82) is 0 Å². The maximum Gasteiger partial charge on any atom is 0.146 e. The SMILES string of the molecule is C[C@H](N)c1ccc(Oc2ccc(F)cc2Cl)cn1. The van der Waals surface area contributed by atoms with Crippen LogP contribution in [0, 0.1) is 5.82 Å². The molecule has 18 heavy (non-hydrogen) atoms. The molecule has 0 fully saturated rings. The Balaban J connectivity index is 2.18. The smallest absolute Gasteiger partial charge is 0.146 e. The zero-order valence-electron chi connectivity index (χ0n) is 9.73. The molecule has 0 saturated carbocycles. The molecule has 5 heteroatoms. The van der Waals surface area contributed by atoms with E-state index in [2.05, 4.69) is 4.98 Å². The molecule has 0 bridgehead atoms. The number of benzene rings is 1. The Labute approximate surface area is 109 Å². The van der Waals surface area contributed by atoms with Gasteiger partial charge in [-0.2, -0.15) is 0 Å². The second-order valence-electron chi connectivity index (χ2n) is 3.88. The van der Waals surface area contributed by atoms with Crippen LogP contribution in [0.15, 0.2) is 36.5 Å². The summed E-state index contributed by atoms with van der Waals surface area (Å²) in [6.07, 6.45) is 1.55. The standard InChI is InChI=1S/C13H12ClFN2O/c1-8(16)12-4-3-10(7-17-12)18-13-5-2-9(15)6-11(13)14/h2-8H,16H2,1H3/t8-/m0/s1. The third-order valence-corrected chi connectivity index (χ3v) is 2.64. The number of aromatic nitrogens is 1. The van der Waals surface area contributed by atoms with Crippen LogP contribution in [-0.4, -0.2) is 4.98 Å². The minimum absolute atomic E-state index is 0.131. The van der Waals surface area contributed by atoms with Crippen molar-refractivity contribution >= 4 is 11.6 Å². The van der Waals surface area contributed by atoms with Crippen molar-refractivity contribution < 1.29 is 9.13 Å². The third kappa shape index (κ3) is 2.97. The topological polar surface area (TPSA) is 48.1 Å². The number of rotatable bonds is 3. The van der Waals surface area contributed by atoms with Crippen LogP contribution in [-0.2, 0) is 0 Å². The van der Waals surface area contributed by atoms with Gasteiger partial charge in [0.25, 0.3) is 0 Å². The second kappa shape index (κ2) is 5.33. The van der Waals surface area contributed by atoms with E-state index in [-0.39, 0.29) is 11.1 Å². The van der Waals surface area contributed by atoms with Gasteiger partial charge in [0.1, 0.15) is 17.3 Å². The lowest BCUT2D eigenvalue weighted by atomic mass is 10.2. The average molecular weight is 267 g/mol. The second-order valence-corrected chi connectivity index (χ2v) is 4.29. The summed E-state index contributed by atoms with van der Waals surface area (Å²) in [4.78, 5) is 4.15. The molecule has 2 aromatic rings. The van der Waals surface area contributed by atoms with Gasteiger partial charge in [-0.25, -0.2) is 4.39 Å². The molecule has 0 unspecified atom stereocenters. The van der Waals surface area contributed by atoms with E-state index in [1.165, 1.54) is 18.2 Å². The van der Waals surface area contributed by atoms with E-state index >= 15 is 0 Å². The van der Waals surface area contributed by atoms with E-state index in [1.54, 1.807) is 18.3 Å². The highest BCUT2D eigenvalue weighted by molar-refractivity contribution is 6.32. The highest BCUT2D eigenvalue weighted by Crippen LogP contribution is 2.29. The van der Waals surface area contributed by atoms with Gasteiger partial charge in [-0.05, 0) is 37.3 Å². The molecule has 0 amide bonds. The van der Waals surface area contributed by atoms with Crippen LogP contribution in [0.3, 0.4) is 0 Å². The molecule has 2 N–H and O–H groups in total. The molecule has 0 aliphatic rings. The maximum absolute atomic E-state index is 12.9. The summed E-state index contributed by atoms with van der Waals surface area (Å²) in [6.45, 7) is 1.85. The van der Waals surface area contributed by atoms with Crippen LogP contribution < -0.4 is 10.5 Å². The number of hydrogen-bond acceptors (Lipinski definition) is 3. The van der Waals surface area contributed by atoms with Crippen LogP contribution in [0.1, 0.15) is 18.7 Å². The summed E-state index contributed by atoms with van der Waals surface area (Å²) in [5.41, 5.74) is 6.46. The molecular weight excluding hydrogens is 255 g/mol. The van der Waals surface area contributed by atoms with Crippen molar-refractivity contribution in [3.05, 3.63) is 53.1 Å². The first-order valence-corrected chi connectivity index (χ1v) is 5.78. The van der Waals surface area contributed by atoms with Crippen molar-refractivity contribution in [2.24, 2.45) is 5.73 Å². The first kappa shape index (κ1) is 12.8. The van der Waals surface area contributed by atoms with Gasteiger partial charge in [0, 0.05) is 6.04 Å². The molecule has 3 nitrogen and oxygen atoms in total. The fourth-order valence-electron chi connectivity index (χ4n) is 1.41. The van der Waals surface area contributed by atoms with Crippen LogP contribution in [0.25, 0.3) is 0 Å². The zero-order valence-corrected chi connectivity index (χ0v) is 10.5. The number of halogens is 2. The number of ether oxygens (including phenoxy) is 1. The summed E-state index contributed by atoms with van der Waals surface area (Å²) < 4.78 is 18.4. The average Bonchev–Trinajstić information content (AvgIpc) is 2.33. The molecule has 0 saturated heterocycles. The predicted molar refractivity (Wildman–Crippen MR) is 68.3 cm³/mol. The fourth-order valence-corrected chi connectivity index (χ4v) is 1.61. The largest absolute Gasteiger partial charge is 0.454 e. The zero-order chi connectivity index (χ0) is 13.1. The molecular formula is C13H12ClFN2O. The van der Waals surface area contributed by atoms with Crippen LogP contribution in [0.4, 0.5) is 4.39 Å². The molecule has 0 aliphatic heterocycles. The lowest BCUT2D eigenvalue weighted by Gasteiger charge is -2.09. The highest BCUT2D eigenvalue weighted by atomic mass is 35.5. The van der Waals surface area contributed by atoms with E-state index in [0.717, 1.165) is 5.69 Å². The van der Waals surface area contributed by atoms with Crippen molar-refractivity contribution in [3.8, 4) is 11.5 Å². The van der Waals surface area contributed by atoms with E-state index in [1.807, 2.05) is 6.92 Å². The van der Waals surface area contributed by atoms with Gasteiger partial charge in [-0.3, -0.25) is 4.98 Å². The predicted octanol–water partition coefficient (Wildman–Crippen LogP) is 3.69. The van der Waals surface area contributed by atoms with E-state index in [4.69, 9.17) is 22.1 Å². The van der Waals surface area contributed by atoms with Crippen LogP contribution in [0.5, 0.6) is 11.5 Å². The van der Waals surface area contributed by atoms with Crippen LogP contribution >= 0.6 is 11.6 Å². The Hall–Kier alpha value is -1.65. The van der Waals surface area contributed by atoms with Gasteiger partial charge < -0.3 is 10.5 Å². The molecule has 1 heterocycles. The first-order valence-electron chi connectivity index (χ1n) is 5.40. The van der Waals surface area contributed by atoms with Crippen molar-refractivity contribution in [3.63, 3.8) is 0 Å². The van der Waals surface area contributed by atoms with E-state index < -0.39 is 5.82 Å². The van der Waals surface area contributed by atoms with Gasteiger partial charge >= 0.3 is 0 Å². The molecule has 0 aliphatic carbocycles. The molecule has 94 valence electrons. The fraction of sp³-hybridized carbons (Fsp3) is 0.154. The van der Waals surface area contributed by atoms with Gasteiger partial charge in [0.05, 0.1) is 16.9 Å². The Morgan fingerprint density at radius 2 is 2.11 bits per heavy atom. The highest BCUT2D eigenvalue weighted by Gasteiger charge is 2.06. The number of pyridine rings is 1. The summed E-state index contributed by atoms with van der Waals surface area (Å²) in [5.74, 6) is 0.499. The van der Waals surface area contributed by atoms with E-state index in [9.17, 15) is 4.39 Å². The molecule has 1 aromatic heterocycles. The van der Waals surface area contributed by atoms with Crippen LogP contribution in [0.2, 0.25) is 5.02 Å². The number of hydrogen-bond donors (Lipinski definition) is 1. The lowest BCUT2D eigenvalue weighted by Crippen LogP contribution is -2.06. The Kier molecular flexibility index (Phi) is 3.79.